The number of anilines is 1. The van der Waals surface area contributed by atoms with Gasteiger partial charge in [-0.15, -0.1) is 0 Å². The highest BCUT2D eigenvalue weighted by atomic mass is 16.2. The smallest absolute Gasteiger partial charge is 0.319 e. The van der Waals surface area contributed by atoms with E-state index < -0.39 is 0 Å². The molecule has 3 rings (SSSR count). The fraction of sp³-hybridized carbons (Fsp3) is 0.588. The molecule has 1 aromatic carbocycles. The Labute approximate surface area is 121 Å². The van der Waals surface area contributed by atoms with Gasteiger partial charge < -0.3 is 10.6 Å². The van der Waals surface area contributed by atoms with Gasteiger partial charge in [0.15, 0.2) is 0 Å². The first kappa shape index (κ1) is 13.5. The lowest BCUT2D eigenvalue weighted by atomic mass is 9.65. The van der Waals surface area contributed by atoms with Gasteiger partial charge in [0.1, 0.15) is 0 Å². The number of urea groups is 1. The highest BCUT2D eigenvalue weighted by Crippen LogP contribution is 2.44. The molecule has 2 fully saturated rings. The Hall–Kier alpha value is -1.51. The number of nitrogens with one attached hydrogen (secondary N) is 2. The molecule has 2 amide bonds. The number of para-hydroxylation sites is 1. The van der Waals surface area contributed by atoms with Gasteiger partial charge in [0, 0.05) is 11.2 Å². The van der Waals surface area contributed by atoms with Crippen LogP contribution in [0.5, 0.6) is 0 Å². The van der Waals surface area contributed by atoms with Crippen LogP contribution in [-0.2, 0) is 0 Å². The second kappa shape index (κ2) is 5.47. The fourth-order valence-electron chi connectivity index (χ4n) is 4.19. The van der Waals surface area contributed by atoms with Crippen molar-refractivity contribution in [3.8, 4) is 0 Å². The summed E-state index contributed by atoms with van der Waals surface area (Å²) in [7, 11) is 0. The third-order valence-corrected chi connectivity index (χ3v) is 4.82. The van der Waals surface area contributed by atoms with E-state index in [0.717, 1.165) is 30.4 Å². The highest BCUT2D eigenvalue weighted by molar-refractivity contribution is 5.89. The summed E-state index contributed by atoms with van der Waals surface area (Å²) in [5.74, 6) is 1.62. The number of carbonyl (C=O) groups excluding carboxylic acids is 1. The van der Waals surface area contributed by atoms with Gasteiger partial charge in [-0.25, -0.2) is 4.79 Å². The summed E-state index contributed by atoms with van der Waals surface area (Å²) >= 11 is 0. The number of amides is 2. The molecule has 2 N–H and O–H groups in total. The lowest BCUT2D eigenvalue weighted by Gasteiger charge is -2.45. The van der Waals surface area contributed by atoms with E-state index in [2.05, 4.69) is 17.6 Å². The number of fused-ring (bicyclic) bond motifs is 2. The summed E-state index contributed by atoms with van der Waals surface area (Å²) in [6, 6.07) is 9.57. The zero-order valence-electron chi connectivity index (χ0n) is 12.2. The molecule has 2 unspecified atom stereocenters. The molecule has 2 saturated carbocycles. The molecule has 3 heteroatoms. The van der Waals surface area contributed by atoms with E-state index >= 15 is 0 Å². The van der Waals surface area contributed by atoms with Crippen LogP contribution in [0.15, 0.2) is 30.3 Å². The van der Waals surface area contributed by atoms with Gasteiger partial charge >= 0.3 is 6.03 Å². The van der Waals surface area contributed by atoms with E-state index in [1.807, 2.05) is 30.3 Å². The van der Waals surface area contributed by atoms with Gasteiger partial charge in [-0.1, -0.05) is 37.5 Å². The van der Waals surface area contributed by atoms with Crippen molar-refractivity contribution in [2.45, 2.75) is 51.0 Å². The molecule has 0 aromatic heterocycles. The first-order chi connectivity index (χ1) is 9.63. The van der Waals surface area contributed by atoms with E-state index in [4.69, 9.17) is 0 Å². The van der Waals surface area contributed by atoms with Crippen LogP contribution in [0, 0.1) is 11.8 Å². The van der Waals surface area contributed by atoms with Crippen molar-refractivity contribution < 1.29 is 4.79 Å². The standard InChI is InChI=1S/C17H24N2O/c1-17(11-13-6-5-7-14(10-13)12-17)19-16(20)18-15-8-3-2-4-9-15/h2-4,8-9,13-14H,5-7,10-12H2,1H3,(H2,18,19,20). The number of carbonyl (C=O) groups is 1. The van der Waals surface area contributed by atoms with Crippen molar-refractivity contribution >= 4 is 11.7 Å². The second-order valence-corrected chi connectivity index (χ2v) is 6.81. The van der Waals surface area contributed by atoms with E-state index in [9.17, 15) is 4.79 Å². The van der Waals surface area contributed by atoms with Crippen LogP contribution < -0.4 is 10.6 Å². The predicted octanol–water partition coefficient (Wildman–Crippen LogP) is 4.17. The molecule has 2 bridgehead atoms. The molecule has 2 aliphatic carbocycles. The Morgan fingerprint density at radius 3 is 2.45 bits per heavy atom. The summed E-state index contributed by atoms with van der Waals surface area (Å²) in [5.41, 5.74) is 0.817. The monoisotopic (exact) mass is 272 g/mol. The molecular formula is C17H24N2O. The van der Waals surface area contributed by atoms with Gasteiger partial charge in [-0.2, -0.15) is 0 Å². The van der Waals surface area contributed by atoms with Gasteiger partial charge in [-0.3, -0.25) is 0 Å². The molecular weight excluding hydrogens is 248 g/mol. The SMILES string of the molecule is CC1(NC(=O)Nc2ccccc2)CC2CCCC(C2)C1. The minimum absolute atomic E-state index is 0.0349. The molecule has 0 radical (unpaired) electrons. The van der Waals surface area contributed by atoms with Crippen LogP contribution in [0.25, 0.3) is 0 Å². The number of hydrogen-bond donors (Lipinski definition) is 2. The summed E-state index contributed by atoms with van der Waals surface area (Å²) in [6.07, 6.45) is 7.69. The zero-order chi connectivity index (χ0) is 14.0. The quantitative estimate of drug-likeness (QED) is 0.833. The maximum absolute atomic E-state index is 12.2. The molecule has 3 nitrogen and oxygen atoms in total. The largest absolute Gasteiger partial charge is 0.333 e. The van der Waals surface area contributed by atoms with Gasteiger partial charge in [0.25, 0.3) is 0 Å². The molecule has 0 spiro atoms. The topological polar surface area (TPSA) is 41.1 Å². The molecule has 1 aromatic rings. The van der Waals surface area contributed by atoms with Crippen molar-refractivity contribution in [2.24, 2.45) is 11.8 Å². The Kier molecular flexibility index (Phi) is 3.68. The molecule has 108 valence electrons. The Morgan fingerprint density at radius 2 is 1.80 bits per heavy atom. The number of benzene rings is 1. The van der Waals surface area contributed by atoms with Crippen LogP contribution >= 0.6 is 0 Å². The van der Waals surface area contributed by atoms with E-state index in [1.165, 1.54) is 25.7 Å². The van der Waals surface area contributed by atoms with Crippen molar-refractivity contribution in [3.63, 3.8) is 0 Å². The molecule has 20 heavy (non-hydrogen) atoms. The van der Waals surface area contributed by atoms with E-state index in [1.54, 1.807) is 0 Å². The van der Waals surface area contributed by atoms with Crippen molar-refractivity contribution in [2.75, 3.05) is 5.32 Å². The van der Waals surface area contributed by atoms with Crippen LogP contribution in [0.4, 0.5) is 10.5 Å². The van der Waals surface area contributed by atoms with Crippen LogP contribution in [-0.4, -0.2) is 11.6 Å². The fourth-order valence-corrected chi connectivity index (χ4v) is 4.19. The number of rotatable bonds is 2. The highest BCUT2D eigenvalue weighted by Gasteiger charge is 2.39. The molecule has 0 saturated heterocycles. The minimum Gasteiger partial charge on any atom is -0.333 e. The third-order valence-electron chi connectivity index (χ3n) is 4.82. The average Bonchev–Trinajstić information content (AvgIpc) is 2.38. The zero-order valence-corrected chi connectivity index (χ0v) is 12.2. The second-order valence-electron chi connectivity index (χ2n) is 6.81. The van der Waals surface area contributed by atoms with Crippen LogP contribution in [0.1, 0.15) is 45.4 Å². The molecule has 2 atom stereocenters. The maximum atomic E-state index is 12.2. The van der Waals surface area contributed by atoms with Crippen LogP contribution in [0.2, 0.25) is 0 Å². The number of hydrogen-bond acceptors (Lipinski definition) is 1. The van der Waals surface area contributed by atoms with E-state index in [-0.39, 0.29) is 11.6 Å². The van der Waals surface area contributed by atoms with Gasteiger partial charge in [0.05, 0.1) is 0 Å². The molecule has 0 aliphatic heterocycles. The molecule has 0 heterocycles. The minimum atomic E-state index is -0.0707. The van der Waals surface area contributed by atoms with E-state index in [0.29, 0.717) is 0 Å². The third kappa shape index (κ3) is 3.14. The summed E-state index contributed by atoms with van der Waals surface area (Å²) < 4.78 is 0. The van der Waals surface area contributed by atoms with Crippen molar-refractivity contribution in [1.82, 2.24) is 5.32 Å². The summed E-state index contributed by atoms with van der Waals surface area (Å²) in [4.78, 5) is 12.2. The van der Waals surface area contributed by atoms with Crippen LogP contribution in [0.3, 0.4) is 0 Å². The van der Waals surface area contributed by atoms with Gasteiger partial charge in [-0.05, 0) is 50.2 Å². The first-order valence-electron chi connectivity index (χ1n) is 7.77. The first-order valence-corrected chi connectivity index (χ1v) is 7.77. The van der Waals surface area contributed by atoms with Crippen molar-refractivity contribution in [3.05, 3.63) is 30.3 Å². The Balaban J connectivity index is 1.60. The average molecular weight is 272 g/mol. The molecule has 2 aliphatic rings. The predicted molar refractivity (Wildman–Crippen MR) is 81.7 cm³/mol. The Morgan fingerprint density at radius 1 is 1.15 bits per heavy atom. The Bertz CT molecular complexity index is 459. The van der Waals surface area contributed by atoms with Crippen molar-refractivity contribution in [1.29, 1.82) is 0 Å². The van der Waals surface area contributed by atoms with Gasteiger partial charge in [0.2, 0.25) is 0 Å². The maximum Gasteiger partial charge on any atom is 0.319 e. The lowest BCUT2D eigenvalue weighted by Crippen LogP contribution is -2.53. The summed E-state index contributed by atoms with van der Waals surface area (Å²) in [6.45, 7) is 2.21. The lowest BCUT2D eigenvalue weighted by molar-refractivity contribution is 0.106. The normalized spacial score (nSPS) is 32.5. The summed E-state index contributed by atoms with van der Waals surface area (Å²) in [5, 5.41) is 6.15.